The molecular formula is C18H24N2O. The zero-order valence-corrected chi connectivity index (χ0v) is 13.1. The van der Waals surface area contributed by atoms with Gasteiger partial charge in [-0.2, -0.15) is 0 Å². The maximum atomic E-state index is 6.31. The first kappa shape index (κ1) is 14.3. The molecule has 0 amide bonds. The summed E-state index contributed by atoms with van der Waals surface area (Å²) in [4.78, 5) is 4.41. The van der Waals surface area contributed by atoms with Crippen LogP contribution in [0.3, 0.4) is 0 Å². The van der Waals surface area contributed by atoms with Crippen molar-refractivity contribution in [1.82, 2.24) is 10.3 Å². The molecule has 1 aromatic carbocycles. The fraction of sp³-hybridized carbons (Fsp3) is 0.500. The molecule has 1 heterocycles. The average molecular weight is 284 g/mol. The molecule has 2 atom stereocenters. The second-order valence-electron chi connectivity index (χ2n) is 5.98. The van der Waals surface area contributed by atoms with Gasteiger partial charge in [0.2, 0.25) is 0 Å². The lowest BCUT2D eigenvalue weighted by molar-refractivity contribution is -0.0835. The highest BCUT2D eigenvalue weighted by atomic mass is 16.5. The van der Waals surface area contributed by atoms with E-state index in [1.807, 2.05) is 12.3 Å². The number of benzene rings is 1. The molecule has 1 N–H and O–H groups in total. The number of hydrogen-bond donors (Lipinski definition) is 1. The van der Waals surface area contributed by atoms with Gasteiger partial charge in [-0.15, -0.1) is 0 Å². The van der Waals surface area contributed by atoms with Gasteiger partial charge in [-0.05, 0) is 38.1 Å². The van der Waals surface area contributed by atoms with E-state index in [9.17, 15) is 0 Å². The molecule has 0 bridgehead atoms. The predicted molar refractivity (Wildman–Crippen MR) is 86.6 cm³/mol. The van der Waals surface area contributed by atoms with E-state index in [4.69, 9.17) is 4.74 Å². The van der Waals surface area contributed by atoms with Crippen LogP contribution in [0.2, 0.25) is 0 Å². The van der Waals surface area contributed by atoms with E-state index in [0.29, 0.717) is 12.1 Å². The number of nitrogens with zero attached hydrogens (tertiary/aromatic N) is 1. The minimum absolute atomic E-state index is 0.258. The van der Waals surface area contributed by atoms with Gasteiger partial charge in [-0.3, -0.25) is 4.98 Å². The topological polar surface area (TPSA) is 34.1 Å². The van der Waals surface area contributed by atoms with Crippen LogP contribution in [0.5, 0.6) is 5.75 Å². The van der Waals surface area contributed by atoms with Crippen molar-refractivity contribution in [2.45, 2.75) is 45.3 Å². The molecule has 3 rings (SSSR count). The van der Waals surface area contributed by atoms with Crippen molar-refractivity contribution >= 4 is 10.9 Å². The van der Waals surface area contributed by atoms with E-state index in [2.05, 4.69) is 55.5 Å². The molecule has 1 aliphatic rings. The number of nitrogens with one attached hydrogen (secondary N) is 1. The fourth-order valence-corrected chi connectivity index (χ4v) is 3.80. The molecule has 112 valence electrons. The monoisotopic (exact) mass is 284 g/mol. The lowest BCUT2D eigenvalue weighted by Crippen LogP contribution is -2.63. The van der Waals surface area contributed by atoms with Crippen LogP contribution in [-0.4, -0.2) is 24.2 Å². The third kappa shape index (κ3) is 2.30. The quantitative estimate of drug-likeness (QED) is 0.907. The second kappa shape index (κ2) is 5.64. The highest BCUT2D eigenvalue weighted by Crippen LogP contribution is 2.48. The summed E-state index contributed by atoms with van der Waals surface area (Å²) in [5, 5.41) is 4.60. The van der Waals surface area contributed by atoms with Crippen molar-refractivity contribution in [3.63, 3.8) is 0 Å². The molecule has 2 unspecified atom stereocenters. The Morgan fingerprint density at radius 1 is 1.29 bits per heavy atom. The van der Waals surface area contributed by atoms with Crippen LogP contribution >= 0.6 is 0 Å². The molecule has 1 aromatic heterocycles. The van der Waals surface area contributed by atoms with Crippen LogP contribution in [0, 0.1) is 5.41 Å². The number of rotatable bonds is 5. The van der Waals surface area contributed by atoms with Gasteiger partial charge < -0.3 is 10.1 Å². The summed E-state index contributed by atoms with van der Waals surface area (Å²) in [7, 11) is 2.06. The largest absolute Gasteiger partial charge is 0.490 e. The summed E-state index contributed by atoms with van der Waals surface area (Å²) >= 11 is 0. The average Bonchev–Trinajstić information content (AvgIpc) is 2.52. The van der Waals surface area contributed by atoms with Gasteiger partial charge in [0.15, 0.2) is 0 Å². The first-order chi connectivity index (χ1) is 10.2. The Morgan fingerprint density at radius 3 is 2.81 bits per heavy atom. The van der Waals surface area contributed by atoms with Gasteiger partial charge in [0.05, 0.1) is 5.52 Å². The summed E-state index contributed by atoms with van der Waals surface area (Å²) in [5.74, 6) is 0.937. The van der Waals surface area contributed by atoms with E-state index >= 15 is 0 Å². The minimum atomic E-state index is 0.258. The van der Waals surface area contributed by atoms with Crippen LogP contribution in [0.15, 0.2) is 36.5 Å². The third-order valence-corrected chi connectivity index (χ3v) is 5.31. The van der Waals surface area contributed by atoms with E-state index in [0.717, 1.165) is 35.9 Å². The number of aromatic nitrogens is 1. The zero-order chi connectivity index (χ0) is 14.9. The molecular weight excluding hydrogens is 260 g/mol. The van der Waals surface area contributed by atoms with Crippen molar-refractivity contribution in [3.05, 3.63) is 36.5 Å². The number of hydrogen-bond acceptors (Lipinski definition) is 3. The third-order valence-electron chi connectivity index (χ3n) is 5.31. The van der Waals surface area contributed by atoms with E-state index in [1.54, 1.807) is 0 Å². The van der Waals surface area contributed by atoms with Crippen LogP contribution in [0.4, 0.5) is 0 Å². The van der Waals surface area contributed by atoms with Gasteiger partial charge >= 0.3 is 0 Å². The van der Waals surface area contributed by atoms with Crippen molar-refractivity contribution in [1.29, 1.82) is 0 Å². The Morgan fingerprint density at radius 2 is 2.10 bits per heavy atom. The molecule has 0 radical (unpaired) electrons. The van der Waals surface area contributed by atoms with Gasteiger partial charge in [0, 0.05) is 35.5 Å². The van der Waals surface area contributed by atoms with Crippen LogP contribution < -0.4 is 10.1 Å². The summed E-state index contributed by atoms with van der Waals surface area (Å²) < 4.78 is 6.31. The Balaban J connectivity index is 1.82. The van der Waals surface area contributed by atoms with Crippen molar-refractivity contribution in [2.75, 3.05) is 7.05 Å². The molecule has 3 heteroatoms. The van der Waals surface area contributed by atoms with Crippen LogP contribution in [-0.2, 0) is 0 Å². The predicted octanol–water partition coefficient (Wildman–Crippen LogP) is 3.78. The van der Waals surface area contributed by atoms with Crippen molar-refractivity contribution in [2.24, 2.45) is 5.41 Å². The molecule has 3 nitrogen and oxygen atoms in total. The van der Waals surface area contributed by atoms with Gasteiger partial charge in [-0.25, -0.2) is 0 Å². The molecule has 21 heavy (non-hydrogen) atoms. The molecule has 0 saturated heterocycles. The van der Waals surface area contributed by atoms with Gasteiger partial charge in [0.25, 0.3) is 0 Å². The first-order valence-corrected chi connectivity index (χ1v) is 7.92. The molecule has 0 spiro atoms. The van der Waals surface area contributed by atoms with E-state index in [1.165, 1.54) is 0 Å². The zero-order valence-electron chi connectivity index (χ0n) is 13.1. The summed E-state index contributed by atoms with van der Waals surface area (Å²) in [6, 6.07) is 10.8. The van der Waals surface area contributed by atoms with Crippen molar-refractivity contribution in [3.8, 4) is 5.75 Å². The second-order valence-corrected chi connectivity index (χ2v) is 5.98. The van der Waals surface area contributed by atoms with Crippen molar-refractivity contribution < 1.29 is 4.74 Å². The van der Waals surface area contributed by atoms with E-state index < -0.39 is 0 Å². The van der Waals surface area contributed by atoms with Crippen LogP contribution in [0.1, 0.15) is 33.1 Å². The Labute approximate surface area is 126 Å². The molecule has 0 aliphatic heterocycles. The Kier molecular flexibility index (Phi) is 3.85. The maximum absolute atomic E-state index is 6.31. The molecule has 1 aliphatic carbocycles. The molecule has 2 aromatic rings. The number of pyridine rings is 1. The lowest BCUT2D eigenvalue weighted by atomic mass is 9.58. The lowest BCUT2D eigenvalue weighted by Gasteiger charge is -2.55. The normalized spacial score (nSPS) is 23.8. The highest BCUT2D eigenvalue weighted by molar-refractivity contribution is 5.79. The SMILES string of the molecule is CCC1(CC)C(NC)CC1Oc1ccc2cccnc2c1. The number of fused-ring (bicyclic) bond motifs is 1. The number of ether oxygens (including phenoxy) is 1. The van der Waals surface area contributed by atoms with Crippen LogP contribution in [0.25, 0.3) is 10.9 Å². The first-order valence-electron chi connectivity index (χ1n) is 7.92. The van der Waals surface area contributed by atoms with E-state index in [-0.39, 0.29) is 5.41 Å². The summed E-state index contributed by atoms with van der Waals surface area (Å²) in [5.41, 5.74) is 1.26. The molecule has 1 saturated carbocycles. The fourth-order valence-electron chi connectivity index (χ4n) is 3.80. The Bertz CT molecular complexity index is 621. The molecule has 1 fully saturated rings. The highest BCUT2D eigenvalue weighted by Gasteiger charge is 2.53. The van der Waals surface area contributed by atoms with Gasteiger partial charge in [-0.1, -0.05) is 19.9 Å². The smallest absolute Gasteiger partial charge is 0.121 e. The summed E-state index contributed by atoms with van der Waals surface area (Å²) in [6.07, 6.45) is 5.50. The summed E-state index contributed by atoms with van der Waals surface area (Å²) in [6.45, 7) is 4.54. The Hall–Kier alpha value is -1.61. The minimum Gasteiger partial charge on any atom is -0.490 e. The van der Waals surface area contributed by atoms with Gasteiger partial charge in [0.1, 0.15) is 11.9 Å². The maximum Gasteiger partial charge on any atom is 0.121 e. The standard InChI is InChI=1S/C18H24N2O/c1-4-18(5-2)16(19-3)12-17(18)21-14-9-8-13-7-6-10-20-15(13)11-14/h6-11,16-17,19H,4-5,12H2,1-3H3.